The number of anilines is 1. The monoisotopic (exact) mass is 537 g/mol. The highest BCUT2D eigenvalue weighted by molar-refractivity contribution is 6.34. The topological polar surface area (TPSA) is 63.7 Å². The van der Waals surface area contributed by atoms with E-state index in [0.29, 0.717) is 5.69 Å². The molecule has 1 aliphatic heterocycles. The van der Waals surface area contributed by atoms with Gasteiger partial charge in [-0.3, -0.25) is 9.59 Å². The average Bonchev–Trinajstić information content (AvgIpc) is 3.56. The van der Waals surface area contributed by atoms with E-state index in [0.717, 1.165) is 22.3 Å². The number of imide groups is 1. The van der Waals surface area contributed by atoms with Crippen LogP contribution in [0.25, 0.3) is 5.57 Å². The van der Waals surface area contributed by atoms with Gasteiger partial charge < -0.3 is 4.74 Å². The van der Waals surface area contributed by atoms with Crippen LogP contribution in [0.15, 0.2) is 84.5 Å². The van der Waals surface area contributed by atoms with E-state index >= 15 is 0 Å². The number of fused-ring (bicyclic) bond motifs is 5. The molecule has 1 heterocycles. The molecule has 6 heteroatoms. The number of halogens is 1. The third-order valence-corrected chi connectivity index (χ3v) is 8.42. The smallest absolute Gasteiger partial charge is 0.339 e. The maximum atomic E-state index is 13.9. The summed E-state index contributed by atoms with van der Waals surface area (Å²) in [5.74, 6) is -2.43. The largest absolute Gasteiger partial charge is 0.462 e. The molecule has 4 atom stereocenters. The van der Waals surface area contributed by atoms with Gasteiger partial charge in [0.2, 0.25) is 11.8 Å². The van der Waals surface area contributed by atoms with Crippen molar-refractivity contribution >= 4 is 40.6 Å². The molecule has 2 fully saturated rings. The summed E-state index contributed by atoms with van der Waals surface area (Å²) in [7, 11) is 0. The first-order valence-electron chi connectivity index (χ1n) is 13.2. The molecule has 3 aromatic carbocycles. The SMILES string of the molecule is CCOC(=O)c1cc(N2C(=O)[C@H]3[C@H](C2=O)[C@H]2C=C[C@H]3C2=C(c2ccc(C)cc2)c2ccc(C)cc2)ccc1Cl. The van der Waals surface area contributed by atoms with Crippen LogP contribution in [0, 0.1) is 37.5 Å². The van der Waals surface area contributed by atoms with E-state index in [2.05, 4.69) is 74.5 Å². The van der Waals surface area contributed by atoms with Crippen LogP contribution in [0.4, 0.5) is 5.69 Å². The Hall–Kier alpha value is -3.96. The number of hydrogen-bond donors (Lipinski definition) is 0. The lowest BCUT2D eigenvalue weighted by Gasteiger charge is -2.22. The van der Waals surface area contributed by atoms with E-state index < -0.39 is 17.8 Å². The lowest BCUT2D eigenvalue weighted by atomic mass is 9.85. The molecule has 0 spiro atoms. The van der Waals surface area contributed by atoms with E-state index in [-0.39, 0.29) is 40.8 Å². The Morgan fingerprint density at radius 3 is 1.82 bits per heavy atom. The lowest BCUT2D eigenvalue weighted by Crippen LogP contribution is -2.33. The minimum Gasteiger partial charge on any atom is -0.462 e. The Bertz CT molecular complexity index is 1490. The lowest BCUT2D eigenvalue weighted by molar-refractivity contribution is -0.122. The Kier molecular flexibility index (Phi) is 6.27. The molecule has 0 unspecified atom stereocenters. The molecule has 3 aromatic rings. The van der Waals surface area contributed by atoms with Crippen LogP contribution < -0.4 is 4.90 Å². The predicted octanol–water partition coefficient (Wildman–Crippen LogP) is 6.56. The molecule has 6 rings (SSSR count). The van der Waals surface area contributed by atoms with Crippen molar-refractivity contribution in [1.29, 1.82) is 0 Å². The fourth-order valence-corrected chi connectivity index (χ4v) is 6.50. The second-order valence-electron chi connectivity index (χ2n) is 10.4. The third kappa shape index (κ3) is 4.04. The maximum absolute atomic E-state index is 13.9. The molecule has 2 aliphatic carbocycles. The summed E-state index contributed by atoms with van der Waals surface area (Å²) in [4.78, 5) is 41.5. The van der Waals surface area contributed by atoms with Crippen LogP contribution in [0.5, 0.6) is 0 Å². The number of allylic oxidation sites excluding steroid dienone is 3. The average molecular weight is 538 g/mol. The summed E-state index contributed by atoms with van der Waals surface area (Å²) in [5, 5.41) is 0.212. The Labute approximate surface area is 232 Å². The van der Waals surface area contributed by atoms with Crippen molar-refractivity contribution in [1.82, 2.24) is 0 Å². The van der Waals surface area contributed by atoms with Gasteiger partial charge in [0.15, 0.2) is 0 Å². The molecule has 0 radical (unpaired) electrons. The zero-order chi connectivity index (χ0) is 27.4. The minimum absolute atomic E-state index is 0.136. The molecular weight excluding hydrogens is 510 g/mol. The number of benzene rings is 3. The van der Waals surface area contributed by atoms with Crippen molar-refractivity contribution < 1.29 is 19.1 Å². The van der Waals surface area contributed by atoms with Crippen molar-refractivity contribution in [2.45, 2.75) is 20.8 Å². The molecule has 1 saturated heterocycles. The number of aryl methyl sites for hydroxylation is 2. The fraction of sp³-hybridized carbons (Fsp3) is 0.242. The van der Waals surface area contributed by atoms with Crippen LogP contribution in [0.1, 0.15) is 39.5 Å². The van der Waals surface area contributed by atoms with Gasteiger partial charge >= 0.3 is 5.97 Å². The summed E-state index contributed by atoms with van der Waals surface area (Å²) < 4.78 is 5.11. The van der Waals surface area contributed by atoms with Gasteiger partial charge in [0, 0.05) is 11.8 Å². The normalized spacial score (nSPS) is 23.0. The van der Waals surface area contributed by atoms with Crippen molar-refractivity contribution in [3.8, 4) is 0 Å². The van der Waals surface area contributed by atoms with Crippen molar-refractivity contribution in [2.75, 3.05) is 11.5 Å². The number of carbonyl (C=O) groups excluding carboxylic acids is 3. The highest BCUT2D eigenvalue weighted by atomic mass is 35.5. The summed E-state index contributed by atoms with van der Waals surface area (Å²) in [6.07, 6.45) is 4.17. The van der Waals surface area contributed by atoms with Crippen LogP contribution in [0.2, 0.25) is 5.02 Å². The van der Waals surface area contributed by atoms with Gasteiger partial charge in [-0.15, -0.1) is 0 Å². The van der Waals surface area contributed by atoms with Gasteiger partial charge in [-0.2, -0.15) is 0 Å². The fourth-order valence-electron chi connectivity index (χ4n) is 6.31. The van der Waals surface area contributed by atoms with Gasteiger partial charge in [-0.1, -0.05) is 83.4 Å². The molecule has 39 heavy (non-hydrogen) atoms. The molecule has 0 N–H and O–H groups in total. The van der Waals surface area contributed by atoms with Gasteiger partial charge in [-0.25, -0.2) is 9.69 Å². The van der Waals surface area contributed by atoms with Gasteiger partial charge in [-0.05, 0) is 61.2 Å². The number of esters is 1. The van der Waals surface area contributed by atoms with E-state index in [4.69, 9.17) is 16.3 Å². The summed E-state index contributed by atoms with van der Waals surface area (Å²) in [6, 6.07) is 21.5. The second kappa shape index (κ2) is 9.65. The molecule has 2 amide bonds. The predicted molar refractivity (Wildman–Crippen MR) is 151 cm³/mol. The van der Waals surface area contributed by atoms with E-state index in [9.17, 15) is 14.4 Å². The van der Waals surface area contributed by atoms with Crippen molar-refractivity contribution in [3.05, 3.63) is 117 Å². The first kappa shape index (κ1) is 25.3. The standard InChI is InChI=1S/C33H28ClNO4/c1-4-39-33(38)25-17-22(13-16-26(25)34)35-31(36)29-23-14-15-24(30(29)32(35)37)28(23)27(20-9-5-18(2)6-10-20)21-11-7-19(3)8-12-21/h5-17,23-24,29-30H,4H2,1-3H3/t23-,24-,29+,30+/m0/s1. The van der Waals surface area contributed by atoms with Crippen molar-refractivity contribution in [2.24, 2.45) is 23.7 Å². The van der Waals surface area contributed by atoms with Crippen LogP contribution in [0.3, 0.4) is 0 Å². The number of carbonyl (C=O) groups is 3. The Balaban J connectivity index is 1.43. The first-order chi connectivity index (χ1) is 18.8. The first-order valence-corrected chi connectivity index (χ1v) is 13.6. The summed E-state index contributed by atoms with van der Waals surface area (Å²) in [5.41, 5.74) is 7.18. The molecule has 0 aromatic heterocycles. The van der Waals surface area contributed by atoms with E-state index in [1.807, 2.05) is 0 Å². The molecule has 3 aliphatic rings. The molecule has 1 saturated carbocycles. The molecular formula is C33H28ClNO4. The zero-order valence-corrected chi connectivity index (χ0v) is 22.7. The molecule has 5 nitrogen and oxygen atoms in total. The number of rotatable bonds is 5. The van der Waals surface area contributed by atoms with E-state index in [1.165, 1.54) is 28.2 Å². The second-order valence-corrected chi connectivity index (χ2v) is 10.9. The van der Waals surface area contributed by atoms with Crippen LogP contribution in [-0.4, -0.2) is 24.4 Å². The molecule has 196 valence electrons. The maximum Gasteiger partial charge on any atom is 0.339 e. The number of ether oxygens (including phenoxy) is 1. The van der Waals surface area contributed by atoms with Crippen LogP contribution >= 0.6 is 11.6 Å². The Morgan fingerprint density at radius 2 is 1.33 bits per heavy atom. The summed E-state index contributed by atoms with van der Waals surface area (Å²) >= 11 is 6.24. The quantitative estimate of drug-likeness (QED) is 0.210. The van der Waals surface area contributed by atoms with E-state index in [1.54, 1.807) is 13.0 Å². The van der Waals surface area contributed by atoms with Gasteiger partial charge in [0.05, 0.1) is 34.7 Å². The highest BCUT2D eigenvalue weighted by Crippen LogP contribution is 2.59. The third-order valence-electron chi connectivity index (χ3n) is 8.09. The zero-order valence-electron chi connectivity index (χ0n) is 22.0. The van der Waals surface area contributed by atoms with Gasteiger partial charge in [0.1, 0.15) is 0 Å². The number of hydrogen-bond acceptors (Lipinski definition) is 4. The van der Waals surface area contributed by atoms with Crippen LogP contribution in [-0.2, 0) is 14.3 Å². The number of amides is 2. The Morgan fingerprint density at radius 1 is 0.821 bits per heavy atom. The molecule has 2 bridgehead atoms. The number of nitrogens with zero attached hydrogens (tertiary/aromatic N) is 1. The van der Waals surface area contributed by atoms with Crippen molar-refractivity contribution in [3.63, 3.8) is 0 Å². The minimum atomic E-state index is -0.587. The highest BCUT2D eigenvalue weighted by Gasteiger charge is 2.62. The summed E-state index contributed by atoms with van der Waals surface area (Å²) in [6.45, 7) is 6.02. The van der Waals surface area contributed by atoms with Gasteiger partial charge in [0.25, 0.3) is 0 Å².